The van der Waals surface area contributed by atoms with Crippen LogP contribution in [0.2, 0.25) is 10.0 Å². The summed E-state index contributed by atoms with van der Waals surface area (Å²) in [5.41, 5.74) is 4.07. The molecular weight excluding hydrogens is 382 g/mol. The Bertz CT molecular complexity index is 994. The van der Waals surface area contributed by atoms with Crippen LogP contribution in [0.15, 0.2) is 52.9 Å². The summed E-state index contributed by atoms with van der Waals surface area (Å²) in [4.78, 5) is 4.38. The van der Waals surface area contributed by atoms with Gasteiger partial charge in [0.1, 0.15) is 11.9 Å². The lowest BCUT2D eigenvalue weighted by Gasteiger charge is -2.02. The van der Waals surface area contributed by atoms with Crippen LogP contribution in [0.1, 0.15) is 5.01 Å². The Hall–Kier alpha value is -2.46. The van der Waals surface area contributed by atoms with Crippen LogP contribution in [0.3, 0.4) is 0 Å². The van der Waals surface area contributed by atoms with Crippen molar-refractivity contribution >= 4 is 45.9 Å². The molecule has 124 valence electrons. The summed E-state index contributed by atoms with van der Waals surface area (Å²) in [6, 6.07) is 13.1. The van der Waals surface area contributed by atoms with Crippen molar-refractivity contribution in [2.45, 2.75) is 0 Å². The van der Waals surface area contributed by atoms with Crippen LogP contribution in [-0.2, 0) is 0 Å². The highest BCUT2D eigenvalue weighted by atomic mass is 35.5. The standard InChI is InChI=1S/C17H9Cl2FN4S/c18-10-5-6-11(12(19)7-10)16-9-25-17(22-16)15(8-21)24-23-14-4-2-1-3-13(14)20/h1-7,9,23H/b24-15+. The molecule has 0 aliphatic heterocycles. The minimum absolute atomic E-state index is 0.0459. The van der Waals surface area contributed by atoms with Gasteiger partial charge in [-0.1, -0.05) is 35.3 Å². The molecule has 25 heavy (non-hydrogen) atoms. The number of anilines is 1. The Morgan fingerprint density at radius 1 is 1.24 bits per heavy atom. The first kappa shape index (κ1) is 17.4. The van der Waals surface area contributed by atoms with Gasteiger partial charge < -0.3 is 0 Å². The van der Waals surface area contributed by atoms with Gasteiger partial charge in [0.15, 0.2) is 10.7 Å². The molecule has 0 fully saturated rings. The number of nitrogens with zero attached hydrogens (tertiary/aromatic N) is 3. The lowest BCUT2D eigenvalue weighted by molar-refractivity contribution is 0.630. The van der Waals surface area contributed by atoms with Crippen molar-refractivity contribution in [3.8, 4) is 17.3 Å². The van der Waals surface area contributed by atoms with Gasteiger partial charge in [-0.05, 0) is 30.3 Å². The normalized spacial score (nSPS) is 11.2. The molecule has 3 aromatic rings. The average Bonchev–Trinajstić information content (AvgIpc) is 3.06. The second-order valence-electron chi connectivity index (χ2n) is 4.83. The molecule has 0 aliphatic rings. The molecule has 1 heterocycles. The fourth-order valence-corrected chi connectivity index (χ4v) is 3.25. The van der Waals surface area contributed by atoms with E-state index >= 15 is 0 Å². The number of hydrogen-bond acceptors (Lipinski definition) is 5. The molecule has 2 aromatic carbocycles. The average molecular weight is 391 g/mol. The van der Waals surface area contributed by atoms with Crippen LogP contribution < -0.4 is 5.43 Å². The maximum absolute atomic E-state index is 13.6. The van der Waals surface area contributed by atoms with Gasteiger partial charge in [0.2, 0.25) is 0 Å². The number of halogens is 3. The van der Waals surface area contributed by atoms with E-state index in [1.807, 2.05) is 6.07 Å². The molecular formula is C17H9Cl2FN4S. The lowest BCUT2D eigenvalue weighted by atomic mass is 10.2. The van der Waals surface area contributed by atoms with Crippen molar-refractivity contribution in [2.75, 3.05) is 5.43 Å². The van der Waals surface area contributed by atoms with Crippen LogP contribution in [0, 0.1) is 17.1 Å². The molecule has 1 aromatic heterocycles. The molecule has 3 rings (SSSR count). The monoisotopic (exact) mass is 390 g/mol. The Morgan fingerprint density at radius 3 is 2.76 bits per heavy atom. The summed E-state index contributed by atoms with van der Waals surface area (Å²) in [5.74, 6) is -0.462. The van der Waals surface area contributed by atoms with Crippen molar-refractivity contribution in [1.29, 1.82) is 5.26 Å². The van der Waals surface area contributed by atoms with Crippen LogP contribution in [0.4, 0.5) is 10.1 Å². The minimum atomic E-state index is -0.462. The van der Waals surface area contributed by atoms with Gasteiger partial charge in [-0.15, -0.1) is 11.3 Å². The third-order valence-electron chi connectivity index (χ3n) is 3.18. The number of benzene rings is 2. The molecule has 0 unspecified atom stereocenters. The van der Waals surface area contributed by atoms with Crippen molar-refractivity contribution in [3.05, 3.63) is 68.7 Å². The molecule has 0 spiro atoms. The summed E-state index contributed by atoms with van der Waals surface area (Å²) >= 11 is 13.3. The Morgan fingerprint density at radius 2 is 2.04 bits per heavy atom. The highest BCUT2D eigenvalue weighted by molar-refractivity contribution is 7.12. The SMILES string of the molecule is N#C/C(=N\Nc1ccccc1F)c1nc(-c2ccc(Cl)cc2Cl)cs1. The molecule has 1 N–H and O–H groups in total. The van der Waals surface area contributed by atoms with Gasteiger partial charge in [0.25, 0.3) is 0 Å². The molecule has 0 aliphatic carbocycles. The molecule has 0 saturated heterocycles. The van der Waals surface area contributed by atoms with Gasteiger partial charge in [-0.2, -0.15) is 10.4 Å². The number of para-hydroxylation sites is 1. The van der Waals surface area contributed by atoms with Gasteiger partial charge >= 0.3 is 0 Å². The topological polar surface area (TPSA) is 61.1 Å². The van der Waals surface area contributed by atoms with Crippen LogP contribution in [0.5, 0.6) is 0 Å². The van der Waals surface area contributed by atoms with Crippen molar-refractivity contribution in [3.63, 3.8) is 0 Å². The Labute approximate surface area is 157 Å². The van der Waals surface area contributed by atoms with E-state index in [0.717, 1.165) is 0 Å². The second kappa shape index (κ2) is 7.62. The third-order valence-corrected chi connectivity index (χ3v) is 4.58. The first-order chi connectivity index (χ1) is 12.1. The van der Waals surface area contributed by atoms with E-state index < -0.39 is 5.82 Å². The summed E-state index contributed by atoms with van der Waals surface area (Å²) in [5, 5.41) is 16.4. The molecule has 0 radical (unpaired) electrons. The van der Waals surface area contributed by atoms with Crippen molar-refractivity contribution in [2.24, 2.45) is 5.10 Å². The number of nitriles is 1. The Kier molecular flexibility index (Phi) is 5.29. The van der Waals surface area contributed by atoms with Gasteiger partial charge in [0, 0.05) is 16.0 Å². The molecule has 0 bridgehead atoms. The zero-order valence-corrected chi connectivity index (χ0v) is 14.8. The van der Waals surface area contributed by atoms with E-state index in [1.165, 1.54) is 23.5 Å². The zero-order valence-electron chi connectivity index (χ0n) is 12.5. The predicted octanol–water partition coefficient (Wildman–Crippen LogP) is 5.60. The third kappa shape index (κ3) is 3.97. The van der Waals surface area contributed by atoms with Crippen LogP contribution in [0.25, 0.3) is 11.3 Å². The fourth-order valence-electron chi connectivity index (χ4n) is 1.99. The zero-order chi connectivity index (χ0) is 17.8. The molecule has 4 nitrogen and oxygen atoms in total. The Balaban J connectivity index is 1.88. The minimum Gasteiger partial charge on any atom is -0.274 e. The highest BCUT2D eigenvalue weighted by Crippen LogP contribution is 2.31. The van der Waals surface area contributed by atoms with Crippen molar-refractivity contribution < 1.29 is 4.39 Å². The maximum Gasteiger partial charge on any atom is 0.196 e. The van der Waals surface area contributed by atoms with E-state index in [1.54, 1.807) is 35.7 Å². The maximum atomic E-state index is 13.6. The number of aromatic nitrogens is 1. The van der Waals surface area contributed by atoms with Crippen LogP contribution in [-0.4, -0.2) is 10.7 Å². The number of hydrazone groups is 1. The summed E-state index contributed by atoms with van der Waals surface area (Å²) < 4.78 is 13.6. The van der Waals surface area contributed by atoms with E-state index in [2.05, 4.69) is 15.5 Å². The number of rotatable bonds is 4. The quantitative estimate of drug-likeness (QED) is 0.466. The van der Waals surface area contributed by atoms with E-state index in [0.29, 0.717) is 26.3 Å². The first-order valence-electron chi connectivity index (χ1n) is 6.98. The van der Waals surface area contributed by atoms with Crippen molar-refractivity contribution in [1.82, 2.24) is 4.98 Å². The number of hydrogen-bond donors (Lipinski definition) is 1. The van der Waals surface area contributed by atoms with Gasteiger partial charge in [0.05, 0.1) is 16.4 Å². The van der Waals surface area contributed by atoms with Gasteiger partial charge in [-0.25, -0.2) is 9.37 Å². The van der Waals surface area contributed by atoms with Crippen LogP contribution >= 0.6 is 34.5 Å². The van der Waals surface area contributed by atoms with E-state index in [9.17, 15) is 9.65 Å². The lowest BCUT2D eigenvalue weighted by Crippen LogP contribution is -2.02. The number of nitrogens with one attached hydrogen (secondary N) is 1. The largest absolute Gasteiger partial charge is 0.274 e. The van der Waals surface area contributed by atoms with E-state index in [4.69, 9.17) is 23.2 Å². The molecule has 0 atom stereocenters. The summed E-state index contributed by atoms with van der Waals surface area (Å²) in [7, 11) is 0. The van der Waals surface area contributed by atoms with E-state index in [-0.39, 0.29) is 11.4 Å². The molecule has 8 heteroatoms. The summed E-state index contributed by atoms with van der Waals surface area (Å²) in [6.07, 6.45) is 0. The molecule has 0 saturated carbocycles. The van der Waals surface area contributed by atoms with Gasteiger partial charge in [-0.3, -0.25) is 5.43 Å². The second-order valence-corrected chi connectivity index (χ2v) is 6.53. The smallest absolute Gasteiger partial charge is 0.196 e. The summed E-state index contributed by atoms with van der Waals surface area (Å²) in [6.45, 7) is 0. The highest BCUT2D eigenvalue weighted by Gasteiger charge is 2.13. The first-order valence-corrected chi connectivity index (χ1v) is 8.61. The predicted molar refractivity (Wildman–Crippen MR) is 99.7 cm³/mol. The number of thiazole rings is 1. The fraction of sp³-hybridized carbons (Fsp3) is 0. The molecule has 0 amide bonds.